The summed E-state index contributed by atoms with van der Waals surface area (Å²) in [7, 11) is 1.77. The number of benzene rings is 1. The van der Waals surface area contributed by atoms with E-state index in [9.17, 15) is 0 Å². The predicted molar refractivity (Wildman–Crippen MR) is 108 cm³/mol. The molecule has 0 bridgehead atoms. The molecule has 0 aliphatic heterocycles. The van der Waals surface area contributed by atoms with Gasteiger partial charge in [-0.15, -0.1) is 24.0 Å². The van der Waals surface area contributed by atoms with Crippen LogP contribution in [-0.4, -0.2) is 26.2 Å². The summed E-state index contributed by atoms with van der Waals surface area (Å²) in [4.78, 5) is 4.25. The molecule has 1 heterocycles. The number of rotatable bonds is 8. The van der Waals surface area contributed by atoms with Crippen LogP contribution in [-0.2, 0) is 24.3 Å². The van der Waals surface area contributed by atoms with Crippen LogP contribution in [0.5, 0.6) is 0 Å². The summed E-state index contributed by atoms with van der Waals surface area (Å²) in [6.45, 7) is 4.85. The minimum Gasteiger partial charge on any atom is -0.469 e. The van der Waals surface area contributed by atoms with E-state index in [0.29, 0.717) is 13.2 Å². The van der Waals surface area contributed by atoms with Crippen LogP contribution in [0.4, 0.5) is 0 Å². The molecule has 0 atom stereocenters. The van der Waals surface area contributed by atoms with Crippen LogP contribution in [0.25, 0.3) is 0 Å². The average Bonchev–Trinajstić information content (AvgIpc) is 3.10. The Bertz CT molecular complexity index is 600. The fourth-order valence-electron chi connectivity index (χ4n) is 2.24. The number of nitrogens with one attached hydrogen (secondary N) is 2. The van der Waals surface area contributed by atoms with Gasteiger partial charge in [0, 0.05) is 33.2 Å². The minimum absolute atomic E-state index is 0. The second-order valence-electron chi connectivity index (χ2n) is 5.09. The van der Waals surface area contributed by atoms with E-state index in [4.69, 9.17) is 9.15 Å². The van der Waals surface area contributed by atoms with Gasteiger partial charge < -0.3 is 19.8 Å². The van der Waals surface area contributed by atoms with Crippen molar-refractivity contribution in [1.29, 1.82) is 0 Å². The normalized spacial score (nSPS) is 11.0. The third-order valence-electron chi connectivity index (χ3n) is 3.49. The number of ether oxygens (including phenoxy) is 1. The van der Waals surface area contributed by atoms with Crippen molar-refractivity contribution in [3.05, 3.63) is 59.5 Å². The standard InChI is InChI=1S/C18H25N3O2.HI/c1-3-22-14-16-8-5-4-7-15(16)13-21-18(19-2)20-11-10-17-9-6-12-23-17;/h4-9,12H,3,10-11,13-14H2,1-2H3,(H2,19,20,21);1H. The van der Waals surface area contributed by atoms with Crippen molar-refractivity contribution in [2.24, 2.45) is 4.99 Å². The van der Waals surface area contributed by atoms with Gasteiger partial charge in [-0.1, -0.05) is 24.3 Å². The number of aliphatic imine (C=N–C) groups is 1. The number of halogens is 1. The molecular formula is C18H26IN3O2. The van der Waals surface area contributed by atoms with Gasteiger partial charge in [0.05, 0.1) is 12.9 Å². The lowest BCUT2D eigenvalue weighted by Gasteiger charge is -2.14. The van der Waals surface area contributed by atoms with Crippen molar-refractivity contribution in [2.75, 3.05) is 20.2 Å². The van der Waals surface area contributed by atoms with Crippen molar-refractivity contribution in [3.63, 3.8) is 0 Å². The number of hydrogen-bond donors (Lipinski definition) is 2. The molecule has 5 nitrogen and oxygen atoms in total. The lowest BCUT2D eigenvalue weighted by atomic mass is 10.1. The first-order chi connectivity index (χ1) is 11.3. The van der Waals surface area contributed by atoms with Crippen LogP contribution in [0.1, 0.15) is 23.8 Å². The Kier molecular flexibility index (Phi) is 10.2. The molecule has 2 aromatic rings. The van der Waals surface area contributed by atoms with Crippen molar-refractivity contribution in [3.8, 4) is 0 Å². The molecule has 0 unspecified atom stereocenters. The maximum absolute atomic E-state index is 5.52. The van der Waals surface area contributed by atoms with Gasteiger partial charge in [-0.05, 0) is 30.2 Å². The maximum atomic E-state index is 5.52. The van der Waals surface area contributed by atoms with Gasteiger partial charge in [-0.3, -0.25) is 4.99 Å². The van der Waals surface area contributed by atoms with Crippen molar-refractivity contribution >= 4 is 29.9 Å². The van der Waals surface area contributed by atoms with Gasteiger partial charge in [-0.25, -0.2) is 0 Å². The molecule has 24 heavy (non-hydrogen) atoms. The Morgan fingerprint density at radius 1 is 1.12 bits per heavy atom. The molecule has 0 saturated heterocycles. The monoisotopic (exact) mass is 443 g/mol. The van der Waals surface area contributed by atoms with Crippen LogP contribution in [0.15, 0.2) is 52.1 Å². The zero-order valence-electron chi connectivity index (χ0n) is 14.2. The molecule has 0 amide bonds. The van der Waals surface area contributed by atoms with Gasteiger partial charge in [0.2, 0.25) is 0 Å². The Balaban J connectivity index is 0.00000288. The number of nitrogens with zero attached hydrogens (tertiary/aromatic N) is 1. The lowest BCUT2D eigenvalue weighted by molar-refractivity contribution is 0.133. The van der Waals surface area contributed by atoms with E-state index < -0.39 is 0 Å². The first-order valence-corrected chi connectivity index (χ1v) is 7.95. The summed E-state index contributed by atoms with van der Waals surface area (Å²) in [5, 5.41) is 6.62. The fourth-order valence-corrected chi connectivity index (χ4v) is 2.24. The first kappa shape index (κ1) is 20.5. The van der Waals surface area contributed by atoms with Crippen LogP contribution < -0.4 is 10.6 Å². The van der Waals surface area contributed by atoms with Gasteiger partial charge >= 0.3 is 0 Å². The highest BCUT2D eigenvalue weighted by Gasteiger charge is 2.04. The molecular weight excluding hydrogens is 417 g/mol. The van der Waals surface area contributed by atoms with Crippen molar-refractivity contribution in [2.45, 2.75) is 26.5 Å². The van der Waals surface area contributed by atoms with Crippen LogP contribution >= 0.6 is 24.0 Å². The summed E-state index contributed by atoms with van der Waals surface area (Å²) in [5.74, 6) is 1.75. The highest BCUT2D eigenvalue weighted by atomic mass is 127. The quantitative estimate of drug-likeness (QED) is 0.373. The Morgan fingerprint density at radius 3 is 2.58 bits per heavy atom. The molecule has 0 saturated carbocycles. The second kappa shape index (κ2) is 11.9. The molecule has 1 aromatic heterocycles. The summed E-state index contributed by atoms with van der Waals surface area (Å²) in [5.41, 5.74) is 2.42. The summed E-state index contributed by atoms with van der Waals surface area (Å²) >= 11 is 0. The molecule has 132 valence electrons. The molecule has 0 fully saturated rings. The highest BCUT2D eigenvalue weighted by Crippen LogP contribution is 2.10. The van der Waals surface area contributed by atoms with E-state index in [-0.39, 0.29) is 24.0 Å². The molecule has 0 radical (unpaired) electrons. The van der Waals surface area contributed by atoms with E-state index in [1.807, 2.05) is 31.2 Å². The topological polar surface area (TPSA) is 58.8 Å². The van der Waals surface area contributed by atoms with Crippen LogP contribution in [0, 0.1) is 0 Å². The zero-order chi connectivity index (χ0) is 16.3. The molecule has 6 heteroatoms. The Hall–Kier alpha value is -1.54. The van der Waals surface area contributed by atoms with Crippen molar-refractivity contribution < 1.29 is 9.15 Å². The fraction of sp³-hybridized carbons (Fsp3) is 0.389. The van der Waals surface area contributed by atoms with Crippen molar-refractivity contribution in [1.82, 2.24) is 10.6 Å². The summed E-state index contributed by atoms with van der Waals surface area (Å²) in [6, 6.07) is 12.2. The third kappa shape index (κ3) is 6.92. The predicted octanol–water partition coefficient (Wildman–Crippen LogP) is 3.34. The van der Waals surface area contributed by atoms with Gasteiger partial charge in [0.1, 0.15) is 5.76 Å². The third-order valence-corrected chi connectivity index (χ3v) is 3.49. The largest absolute Gasteiger partial charge is 0.469 e. The maximum Gasteiger partial charge on any atom is 0.191 e. The molecule has 0 aliphatic rings. The minimum atomic E-state index is 0. The lowest BCUT2D eigenvalue weighted by Crippen LogP contribution is -2.38. The molecule has 1 aromatic carbocycles. The van der Waals surface area contributed by atoms with Crippen LogP contribution in [0.3, 0.4) is 0 Å². The summed E-state index contributed by atoms with van der Waals surface area (Å²) in [6.07, 6.45) is 2.52. The molecule has 0 spiro atoms. The summed E-state index contributed by atoms with van der Waals surface area (Å²) < 4.78 is 10.8. The van der Waals surface area contributed by atoms with E-state index >= 15 is 0 Å². The van der Waals surface area contributed by atoms with E-state index in [1.165, 1.54) is 11.1 Å². The SMILES string of the molecule is CCOCc1ccccc1CNC(=NC)NCCc1ccco1.I. The Morgan fingerprint density at radius 2 is 1.92 bits per heavy atom. The number of guanidine groups is 1. The first-order valence-electron chi connectivity index (χ1n) is 7.95. The molecule has 2 rings (SSSR count). The van der Waals surface area contributed by atoms with E-state index in [0.717, 1.165) is 31.3 Å². The number of furan rings is 1. The molecule has 2 N–H and O–H groups in total. The van der Waals surface area contributed by atoms with Gasteiger partial charge in [0.15, 0.2) is 5.96 Å². The van der Waals surface area contributed by atoms with Gasteiger partial charge in [-0.2, -0.15) is 0 Å². The smallest absolute Gasteiger partial charge is 0.191 e. The van der Waals surface area contributed by atoms with E-state index in [1.54, 1.807) is 13.3 Å². The second-order valence-corrected chi connectivity index (χ2v) is 5.09. The molecule has 0 aliphatic carbocycles. The van der Waals surface area contributed by atoms with E-state index in [2.05, 4.69) is 27.8 Å². The highest BCUT2D eigenvalue weighted by molar-refractivity contribution is 14.0. The Labute approximate surface area is 160 Å². The number of hydrogen-bond acceptors (Lipinski definition) is 3. The average molecular weight is 443 g/mol. The van der Waals surface area contributed by atoms with Gasteiger partial charge in [0.25, 0.3) is 0 Å². The zero-order valence-corrected chi connectivity index (χ0v) is 16.6. The van der Waals surface area contributed by atoms with Crippen LogP contribution in [0.2, 0.25) is 0 Å².